The molecule has 4 aromatic rings. The fourth-order valence-electron chi connectivity index (χ4n) is 3.44. The average molecular weight is 495 g/mol. The van der Waals surface area contributed by atoms with Crippen LogP contribution in [-0.4, -0.2) is 30.3 Å². The number of anilines is 1. The highest BCUT2D eigenvalue weighted by Crippen LogP contribution is 2.41. The summed E-state index contributed by atoms with van der Waals surface area (Å²) in [5.41, 5.74) is -0.173. The van der Waals surface area contributed by atoms with Gasteiger partial charge in [-0.05, 0) is 31.0 Å². The first kappa shape index (κ1) is 21.7. The Labute approximate surface area is 195 Å². The van der Waals surface area contributed by atoms with E-state index in [2.05, 4.69) is 20.5 Å². The molecule has 1 saturated carbocycles. The van der Waals surface area contributed by atoms with E-state index in [9.17, 15) is 18.0 Å². The maximum atomic E-state index is 13.6. The Morgan fingerprint density at radius 2 is 1.85 bits per heavy atom. The van der Waals surface area contributed by atoms with E-state index in [1.165, 1.54) is 10.7 Å². The number of nitrogens with one attached hydrogen (secondary N) is 1. The molecular formula is C21H15Cl2F3N6O. The van der Waals surface area contributed by atoms with Crippen LogP contribution in [0.4, 0.5) is 19.0 Å². The first-order valence-electron chi connectivity index (χ1n) is 9.94. The van der Waals surface area contributed by atoms with Crippen LogP contribution in [0.15, 0.2) is 42.6 Å². The predicted molar refractivity (Wildman–Crippen MR) is 116 cm³/mol. The Kier molecular flexibility index (Phi) is 5.29. The number of amides is 1. The van der Waals surface area contributed by atoms with Crippen LogP contribution >= 0.6 is 23.2 Å². The maximum Gasteiger partial charge on any atom is 0.433 e. The summed E-state index contributed by atoms with van der Waals surface area (Å²) in [5.74, 6) is -0.496. The summed E-state index contributed by atoms with van der Waals surface area (Å²) in [6, 6.07) is 8.91. The molecule has 1 aromatic carbocycles. The molecule has 1 aliphatic rings. The van der Waals surface area contributed by atoms with E-state index >= 15 is 0 Å². The van der Waals surface area contributed by atoms with Crippen LogP contribution in [0.3, 0.4) is 0 Å². The van der Waals surface area contributed by atoms with Crippen molar-refractivity contribution in [2.75, 3.05) is 5.32 Å². The molecule has 0 bridgehead atoms. The van der Waals surface area contributed by atoms with Gasteiger partial charge in [0.2, 0.25) is 0 Å². The molecule has 1 fully saturated rings. The number of nitrogens with zero attached hydrogens (tertiary/aromatic N) is 5. The highest BCUT2D eigenvalue weighted by molar-refractivity contribution is 6.35. The lowest BCUT2D eigenvalue weighted by atomic mass is 10.2. The molecular weight excluding hydrogens is 480 g/mol. The van der Waals surface area contributed by atoms with Crippen LogP contribution in [0.5, 0.6) is 0 Å². The van der Waals surface area contributed by atoms with Crippen molar-refractivity contribution in [3.05, 3.63) is 75.3 Å². The van der Waals surface area contributed by atoms with Crippen LogP contribution in [-0.2, 0) is 12.7 Å². The number of rotatable bonds is 5. The van der Waals surface area contributed by atoms with Crippen LogP contribution in [0.25, 0.3) is 5.65 Å². The van der Waals surface area contributed by atoms with Crippen molar-refractivity contribution in [1.82, 2.24) is 24.4 Å². The summed E-state index contributed by atoms with van der Waals surface area (Å²) in [7, 11) is 0. The minimum atomic E-state index is -4.64. The molecule has 7 nitrogen and oxygen atoms in total. The Morgan fingerprint density at radius 1 is 1.12 bits per heavy atom. The predicted octanol–water partition coefficient (Wildman–Crippen LogP) is 5.43. The zero-order valence-electron chi connectivity index (χ0n) is 16.8. The lowest BCUT2D eigenvalue weighted by Crippen LogP contribution is -2.16. The molecule has 5 rings (SSSR count). The van der Waals surface area contributed by atoms with E-state index in [0.29, 0.717) is 25.8 Å². The van der Waals surface area contributed by atoms with E-state index in [1.54, 1.807) is 30.5 Å². The Bertz CT molecular complexity index is 1360. The van der Waals surface area contributed by atoms with Crippen LogP contribution in [0.1, 0.15) is 46.2 Å². The number of fused-ring (bicyclic) bond motifs is 1. The molecule has 0 atom stereocenters. The van der Waals surface area contributed by atoms with Gasteiger partial charge in [-0.1, -0.05) is 29.3 Å². The van der Waals surface area contributed by atoms with Crippen molar-refractivity contribution in [3.8, 4) is 0 Å². The van der Waals surface area contributed by atoms with Crippen molar-refractivity contribution in [1.29, 1.82) is 0 Å². The maximum absolute atomic E-state index is 13.6. The van der Waals surface area contributed by atoms with Gasteiger partial charge >= 0.3 is 6.18 Å². The van der Waals surface area contributed by atoms with Crippen molar-refractivity contribution in [3.63, 3.8) is 0 Å². The van der Waals surface area contributed by atoms with Gasteiger partial charge < -0.3 is 5.32 Å². The van der Waals surface area contributed by atoms with E-state index in [0.717, 1.165) is 18.9 Å². The summed E-state index contributed by atoms with van der Waals surface area (Å²) in [6.07, 6.45) is -1.43. The van der Waals surface area contributed by atoms with Gasteiger partial charge in [0.25, 0.3) is 5.91 Å². The molecule has 33 heavy (non-hydrogen) atoms. The monoisotopic (exact) mass is 494 g/mol. The number of alkyl halides is 3. The molecule has 1 amide bonds. The van der Waals surface area contributed by atoms with E-state index in [-0.39, 0.29) is 29.6 Å². The van der Waals surface area contributed by atoms with Gasteiger partial charge in [0, 0.05) is 45.6 Å². The van der Waals surface area contributed by atoms with E-state index in [4.69, 9.17) is 23.2 Å². The fraction of sp³-hybridized carbons (Fsp3) is 0.238. The number of hydrogen-bond acceptors (Lipinski definition) is 4. The zero-order chi connectivity index (χ0) is 23.3. The molecule has 0 radical (unpaired) electrons. The van der Waals surface area contributed by atoms with Gasteiger partial charge in [0.05, 0.1) is 6.54 Å². The molecule has 3 heterocycles. The van der Waals surface area contributed by atoms with Gasteiger partial charge in [-0.25, -0.2) is 9.50 Å². The minimum Gasteiger partial charge on any atom is -0.304 e. The molecule has 0 saturated heterocycles. The van der Waals surface area contributed by atoms with Gasteiger partial charge in [0.1, 0.15) is 5.69 Å². The Hall–Kier alpha value is -3.11. The first-order chi connectivity index (χ1) is 15.7. The normalized spacial score (nSPS) is 14.1. The molecule has 0 aliphatic heterocycles. The van der Waals surface area contributed by atoms with Gasteiger partial charge in [-0.15, -0.1) is 0 Å². The molecule has 1 aliphatic carbocycles. The average Bonchev–Trinajstić information content (AvgIpc) is 3.36. The molecule has 3 aromatic heterocycles. The third-order valence-electron chi connectivity index (χ3n) is 5.23. The van der Waals surface area contributed by atoms with E-state index in [1.807, 2.05) is 0 Å². The summed E-state index contributed by atoms with van der Waals surface area (Å²) in [6.45, 7) is 0.269. The summed E-state index contributed by atoms with van der Waals surface area (Å²) < 4.78 is 42.8. The number of carbonyl (C=O) groups excluding carboxylic acids is 1. The van der Waals surface area contributed by atoms with Gasteiger partial charge in [0.15, 0.2) is 17.2 Å². The lowest BCUT2D eigenvalue weighted by Gasteiger charge is -2.10. The fourth-order valence-corrected chi connectivity index (χ4v) is 3.95. The van der Waals surface area contributed by atoms with Gasteiger partial charge in [-0.2, -0.15) is 23.4 Å². The largest absolute Gasteiger partial charge is 0.433 e. The van der Waals surface area contributed by atoms with Gasteiger partial charge in [-0.3, -0.25) is 9.48 Å². The quantitative estimate of drug-likeness (QED) is 0.401. The molecule has 1 N–H and O–H groups in total. The highest BCUT2D eigenvalue weighted by Gasteiger charge is 2.37. The van der Waals surface area contributed by atoms with Crippen molar-refractivity contribution < 1.29 is 18.0 Å². The second-order valence-corrected chi connectivity index (χ2v) is 8.51. The third-order valence-corrected chi connectivity index (χ3v) is 5.94. The van der Waals surface area contributed by atoms with Crippen LogP contribution in [0, 0.1) is 0 Å². The zero-order valence-corrected chi connectivity index (χ0v) is 18.3. The molecule has 12 heteroatoms. The Morgan fingerprint density at radius 3 is 2.52 bits per heavy atom. The molecule has 0 spiro atoms. The summed E-state index contributed by atoms with van der Waals surface area (Å²) in [5, 5.41) is 11.6. The summed E-state index contributed by atoms with van der Waals surface area (Å²) in [4.78, 5) is 16.9. The van der Waals surface area contributed by atoms with Crippen molar-refractivity contribution >= 4 is 40.6 Å². The minimum absolute atomic E-state index is 0.0128. The van der Waals surface area contributed by atoms with Crippen molar-refractivity contribution in [2.24, 2.45) is 0 Å². The number of benzene rings is 1. The Balaban J connectivity index is 1.39. The van der Waals surface area contributed by atoms with Crippen molar-refractivity contribution in [2.45, 2.75) is 31.5 Å². The SMILES string of the molecule is O=C(Nc1ccn(Cc2c(Cl)cccc2Cl)n1)c1cc2nc(C3CC3)cc(C(F)(F)F)n2n1. The second kappa shape index (κ2) is 8.03. The lowest BCUT2D eigenvalue weighted by molar-refractivity contribution is -0.142. The first-order valence-corrected chi connectivity index (χ1v) is 10.7. The number of halogens is 5. The molecule has 0 unspecified atom stereocenters. The van der Waals surface area contributed by atoms with Crippen LogP contribution in [0.2, 0.25) is 10.0 Å². The summed E-state index contributed by atoms with van der Waals surface area (Å²) >= 11 is 12.4. The number of hydrogen-bond donors (Lipinski definition) is 1. The van der Waals surface area contributed by atoms with Crippen LogP contribution < -0.4 is 5.32 Å². The number of carbonyl (C=O) groups is 1. The third kappa shape index (κ3) is 4.40. The topological polar surface area (TPSA) is 77.1 Å². The smallest absolute Gasteiger partial charge is 0.304 e. The highest BCUT2D eigenvalue weighted by atomic mass is 35.5. The van der Waals surface area contributed by atoms with E-state index < -0.39 is 17.8 Å². The second-order valence-electron chi connectivity index (χ2n) is 7.69. The standard InChI is InChI=1S/C21H15Cl2F3N6O/c22-13-2-1-3-14(23)12(13)10-31-7-6-18(30-31)28-20(33)16-9-19-27-15(11-4-5-11)8-17(21(24,25)26)32(19)29-16/h1-3,6-9,11H,4-5,10H2,(H,28,30,33). The number of aromatic nitrogens is 5. The molecule has 170 valence electrons.